The van der Waals surface area contributed by atoms with E-state index in [4.69, 9.17) is 11.6 Å². The number of carbonyl (C=O) groups is 1. The van der Waals surface area contributed by atoms with Gasteiger partial charge in [-0.1, -0.05) is 11.6 Å². The second kappa shape index (κ2) is 7.51. The summed E-state index contributed by atoms with van der Waals surface area (Å²) in [5.74, 6) is -0.0466. The Morgan fingerprint density at radius 3 is 2.38 bits per heavy atom. The van der Waals surface area contributed by atoms with Crippen molar-refractivity contribution in [3.8, 4) is 0 Å². The highest BCUT2D eigenvalue weighted by Crippen LogP contribution is 2.34. The average Bonchev–Trinajstić information content (AvgIpc) is 2.96. The highest BCUT2D eigenvalue weighted by Gasteiger charge is 2.27. The molecule has 2 aliphatic heterocycles. The number of fused-ring (bicyclic) bond motifs is 1. The molecular formula is C20H23ClN4O3S. The SMILES string of the molecule is CN1CCN(c2ccc(Cl)cc2NS(=O)(=O)c2ccc3c(c2)CC(=O)N3C)CC1. The van der Waals surface area contributed by atoms with E-state index in [9.17, 15) is 13.2 Å². The van der Waals surface area contributed by atoms with Crippen LogP contribution in [0, 0.1) is 0 Å². The average molecular weight is 435 g/mol. The van der Waals surface area contributed by atoms with Crippen LogP contribution in [0.1, 0.15) is 5.56 Å². The fourth-order valence-corrected chi connectivity index (χ4v) is 5.02. The summed E-state index contributed by atoms with van der Waals surface area (Å²) in [5, 5.41) is 0.460. The van der Waals surface area contributed by atoms with Crippen molar-refractivity contribution < 1.29 is 13.2 Å². The van der Waals surface area contributed by atoms with Crippen LogP contribution in [-0.4, -0.2) is 59.5 Å². The number of nitrogens with zero attached hydrogens (tertiary/aromatic N) is 3. The first kappa shape index (κ1) is 20.0. The van der Waals surface area contributed by atoms with Gasteiger partial charge in [-0.15, -0.1) is 0 Å². The van der Waals surface area contributed by atoms with E-state index in [-0.39, 0.29) is 17.2 Å². The number of halogens is 1. The Labute approximate surface area is 175 Å². The van der Waals surface area contributed by atoms with Gasteiger partial charge in [0.25, 0.3) is 10.0 Å². The van der Waals surface area contributed by atoms with Crippen LogP contribution in [0.4, 0.5) is 17.1 Å². The molecule has 0 saturated carbocycles. The molecule has 154 valence electrons. The minimum absolute atomic E-state index is 0.0466. The van der Waals surface area contributed by atoms with Crippen LogP contribution >= 0.6 is 11.6 Å². The van der Waals surface area contributed by atoms with Crippen molar-refractivity contribution in [1.29, 1.82) is 0 Å². The van der Waals surface area contributed by atoms with Gasteiger partial charge in [0.05, 0.1) is 22.7 Å². The summed E-state index contributed by atoms with van der Waals surface area (Å²) < 4.78 is 28.9. The van der Waals surface area contributed by atoms with E-state index in [0.29, 0.717) is 16.3 Å². The maximum Gasteiger partial charge on any atom is 0.261 e. The zero-order chi connectivity index (χ0) is 20.8. The zero-order valence-electron chi connectivity index (χ0n) is 16.4. The Bertz CT molecular complexity index is 1070. The lowest BCUT2D eigenvalue weighted by Gasteiger charge is -2.35. The molecule has 29 heavy (non-hydrogen) atoms. The number of hydrogen-bond donors (Lipinski definition) is 1. The van der Waals surface area contributed by atoms with Crippen LogP contribution in [-0.2, 0) is 21.2 Å². The van der Waals surface area contributed by atoms with Crippen molar-refractivity contribution in [1.82, 2.24) is 4.90 Å². The van der Waals surface area contributed by atoms with E-state index >= 15 is 0 Å². The normalized spacial score (nSPS) is 17.6. The van der Waals surface area contributed by atoms with Crippen LogP contribution in [0.15, 0.2) is 41.3 Å². The van der Waals surface area contributed by atoms with E-state index in [1.807, 2.05) is 6.07 Å². The molecule has 1 N–H and O–H groups in total. The molecule has 1 amide bonds. The second-order valence-corrected chi connectivity index (χ2v) is 9.60. The molecule has 2 aromatic carbocycles. The summed E-state index contributed by atoms with van der Waals surface area (Å²) in [6, 6.07) is 10.0. The van der Waals surface area contributed by atoms with Gasteiger partial charge < -0.3 is 14.7 Å². The first-order valence-electron chi connectivity index (χ1n) is 9.40. The number of rotatable bonds is 4. The van der Waals surface area contributed by atoms with Gasteiger partial charge in [0.1, 0.15) is 0 Å². The molecule has 2 aliphatic rings. The van der Waals surface area contributed by atoms with Crippen molar-refractivity contribution >= 4 is 44.6 Å². The van der Waals surface area contributed by atoms with Gasteiger partial charge in [0.2, 0.25) is 5.91 Å². The molecular weight excluding hydrogens is 412 g/mol. The molecule has 0 bridgehead atoms. The smallest absolute Gasteiger partial charge is 0.261 e. The highest BCUT2D eigenvalue weighted by atomic mass is 35.5. The summed E-state index contributed by atoms with van der Waals surface area (Å²) in [7, 11) is -0.0764. The number of sulfonamides is 1. The molecule has 1 saturated heterocycles. The lowest BCUT2D eigenvalue weighted by Crippen LogP contribution is -2.44. The summed E-state index contributed by atoms with van der Waals surface area (Å²) in [5.41, 5.74) is 2.72. The fourth-order valence-electron chi connectivity index (χ4n) is 3.73. The lowest BCUT2D eigenvalue weighted by molar-refractivity contribution is -0.117. The summed E-state index contributed by atoms with van der Waals surface area (Å²) in [6.07, 6.45) is 0.207. The first-order valence-corrected chi connectivity index (χ1v) is 11.3. The van der Waals surface area contributed by atoms with Crippen molar-refractivity contribution in [2.24, 2.45) is 0 Å². The van der Waals surface area contributed by atoms with Crippen LogP contribution in [0.2, 0.25) is 5.02 Å². The number of carbonyl (C=O) groups excluding carboxylic acids is 1. The lowest BCUT2D eigenvalue weighted by atomic mass is 10.2. The van der Waals surface area contributed by atoms with Crippen LogP contribution in [0.5, 0.6) is 0 Å². The maximum absolute atomic E-state index is 13.1. The van der Waals surface area contributed by atoms with Crippen LogP contribution < -0.4 is 14.5 Å². The summed E-state index contributed by atoms with van der Waals surface area (Å²) >= 11 is 6.16. The first-order chi connectivity index (χ1) is 13.7. The molecule has 0 atom stereocenters. The molecule has 9 heteroatoms. The minimum Gasteiger partial charge on any atom is -0.367 e. The molecule has 1 fully saturated rings. The van der Waals surface area contributed by atoms with E-state index in [2.05, 4.69) is 21.6 Å². The van der Waals surface area contributed by atoms with Crippen molar-refractivity contribution in [2.75, 3.05) is 54.8 Å². The largest absolute Gasteiger partial charge is 0.367 e. The molecule has 2 heterocycles. The van der Waals surface area contributed by atoms with Gasteiger partial charge in [-0.2, -0.15) is 0 Å². The van der Waals surface area contributed by atoms with E-state index < -0.39 is 10.0 Å². The standard InChI is InChI=1S/C20H23ClN4O3S/c1-23-7-9-25(10-8-23)19-5-3-15(21)13-17(19)22-29(27,28)16-4-6-18-14(11-16)12-20(26)24(18)2/h3-6,11,13,22H,7-10,12H2,1-2H3. The highest BCUT2D eigenvalue weighted by molar-refractivity contribution is 7.92. The van der Waals surface area contributed by atoms with Gasteiger partial charge in [-0.25, -0.2) is 8.42 Å². The second-order valence-electron chi connectivity index (χ2n) is 7.48. The fraction of sp³-hybridized carbons (Fsp3) is 0.350. The quantitative estimate of drug-likeness (QED) is 0.800. The van der Waals surface area contributed by atoms with E-state index in [0.717, 1.165) is 37.6 Å². The molecule has 0 radical (unpaired) electrons. The van der Waals surface area contributed by atoms with Crippen molar-refractivity contribution in [3.05, 3.63) is 47.0 Å². The Balaban J connectivity index is 1.64. The Morgan fingerprint density at radius 2 is 1.66 bits per heavy atom. The number of anilines is 3. The third-order valence-corrected chi connectivity index (χ3v) is 7.08. The number of hydrogen-bond acceptors (Lipinski definition) is 5. The van der Waals surface area contributed by atoms with Crippen LogP contribution in [0.25, 0.3) is 0 Å². The predicted octanol–water partition coefficient (Wildman–Crippen LogP) is 2.41. The van der Waals surface area contributed by atoms with Crippen LogP contribution in [0.3, 0.4) is 0 Å². The summed E-state index contributed by atoms with van der Waals surface area (Å²) in [6.45, 7) is 3.42. The van der Waals surface area contributed by atoms with Gasteiger partial charge in [-0.05, 0) is 49.0 Å². The maximum atomic E-state index is 13.1. The van der Waals surface area contributed by atoms with E-state index in [1.54, 1.807) is 36.2 Å². The van der Waals surface area contributed by atoms with Gasteiger partial charge in [0.15, 0.2) is 0 Å². The number of benzene rings is 2. The number of likely N-dealkylation sites (N-methyl/N-ethyl adjacent to an activating group) is 2. The predicted molar refractivity (Wildman–Crippen MR) is 116 cm³/mol. The van der Waals surface area contributed by atoms with Crippen molar-refractivity contribution in [3.63, 3.8) is 0 Å². The molecule has 2 aromatic rings. The Morgan fingerprint density at radius 1 is 0.966 bits per heavy atom. The monoisotopic (exact) mass is 434 g/mol. The Kier molecular flexibility index (Phi) is 5.18. The van der Waals surface area contributed by atoms with Gasteiger partial charge in [-0.3, -0.25) is 9.52 Å². The zero-order valence-corrected chi connectivity index (χ0v) is 17.9. The molecule has 0 aliphatic carbocycles. The molecule has 0 aromatic heterocycles. The third-order valence-electron chi connectivity index (χ3n) is 5.49. The molecule has 7 nitrogen and oxygen atoms in total. The number of amides is 1. The topological polar surface area (TPSA) is 73.0 Å². The summed E-state index contributed by atoms with van der Waals surface area (Å²) in [4.78, 5) is 18.0. The van der Waals surface area contributed by atoms with E-state index in [1.165, 1.54) is 6.07 Å². The minimum atomic E-state index is -3.83. The van der Waals surface area contributed by atoms with Gasteiger partial charge in [0, 0.05) is 43.9 Å². The van der Waals surface area contributed by atoms with Crippen molar-refractivity contribution in [2.45, 2.75) is 11.3 Å². The number of piperazine rings is 1. The number of nitrogens with one attached hydrogen (secondary N) is 1. The molecule has 0 spiro atoms. The Hall–Kier alpha value is -2.29. The molecule has 4 rings (SSSR count). The van der Waals surface area contributed by atoms with Gasteiger partial charge >= 0.3 is 0 Å². The third kappa shape index (κ3) is 3.92. The molecule has 0 unspecified atom stereocenters.